The van der Waals surface area contributed by atoms with Crippen LogP contribution >= 0.6 is 47.1 Å². The van der Waals surface area contributed by atoms with E-state index in [1.54, 1.807) is 10.6 Å². The maximum absolute atomic E-state index is 15.5. The number of thiocarbonyl (C=S) groups is 1. The van der Waals surface area contributed by atoms with Gasteiger partial charge in [-0.2, -0.15) is 0 Å². The summed E-state index contributed by atoms with van der Waals surface area (Å²) in [6.45, 7) is 1.77. The lowest BCUT2D eigenvalue weighted by atomic mass is 9.98. The third-order valence-corrected chi connectivity index (χ3v) is 13.3. The second-order valence-electron chi connectivity index (χ2n) is 12.5. The number of thiophene rings is 1. The van der Waals surface area contributed by atoms with Crippen molar-refractivity contribution in [3.8, 4) is 0 Å². The number of amides is 2. The maximum atomic E-state index is 15.5. The molecule has 0 unspecified atom stereocenters. The first kappa shape index (κ1) is 35.4. The summed E-state index contributed by atoms with van der Waals surface area (Å²) >= 11 is 9.72. The maximum Gasteiger partial charge on any atom is 0.352 e. The van der Waals surface area contributed by atoms with Crippen molar-refractivity contribution < 1.29 is 38.5 Å². The number of anilines is 1. The molecule has 1 saturated carbocycles. The summed E-state index contributed by atoms with van der Waals surface area (Å²) in [6, 6.07) is 6.45. The molecule has 4 aliphatic rings. The summed E-state index contributed by atoms with van der Waals surface area (Å²) in [5.41, 5.74) is -1.58. The van der Waals surface area contributed by atoms with Crippen molar-refractivity contribution in [2.24, 2.45) is 0 Å². The highest BCUT2D eigenvalue weighted by atomic mass is 32.2. The highest BCUT2D eigenvalue weighted by molar-refractivity contribution is 8.23. The molecule has 5 heterocycles. The molecule has 51 heavy (non-hydrogen) atoms. The number of aliphatic carboxylic acids is 1. The smallest absolute Gasteiger partial charge is 0.352 e. The van der Waals surface area contributed by atoms with Crippen LogP contribution in [0.15, 0.2) is 51.9 Å². The van der Waals surface area contributed by atoms with E-state index in [1.165, 1.54) is 53.1 Å². The van der Waals surface area contributed by atoms with Crippen molar-refractivity contribution >= 4 is 91.7 Å². The Balaban J connectivity index is 1.00. The molecule has 18 heteroatoms. The van der Waals surface area contributed by atoms with Gasteiger partial charge in [-0.1, -0.05) is 30.0 Å². The average molecular weight is 774 g/mol. The number of nitrogens with zero attached hydrogens (tertiary/aromatic N) is 4. The number of aromatic nitrogens is 1. The second kappa shape index (κ2) is 13.9. The number of carbonyl (C=O) groups is 4. The van der Waals surface area contributed by atoms with Gasteiger partial charge in [0.1, 0.15) is 26.8 Å². The number of methoxy groups -OCH3 is 1. The van der Waals surface area contributed by atoms with E-state index in [1.807, 2.05) is 27.3 Å². The van der Waals surface area contributed by atoms with Crippen molar-refractivity contribution in [2.45, 2.75) is 36.4 Å². The Kier molecular flexibility index (Phi) is 9.64. The van der Waals surface area contributed by atoms with Gasteiger partial charge in [-0.05, 0) is 42.0 Å². The number of hydrogen-bond donors (Lipinski definition) is 3. The molecule has 2 aromatic heterocycles. The number of halogens is 1. The van der Waals surface area contributed by atoms with Crippen LogP contribution in [-0.4, -0.2) is 109 Å². The Morgan fingerprint density at radius 3 is 2.51 bits per heavy atom. The predicted molar refractivity (Wildman–Crippen MR) is 196 cm³/mol. The number of hydrogen-bond acceptors (Lipinski definition) is 11. The number of thioether (sulfide) groups is 2. The second-order valence-corrected chi connectivity index (χ2v) is 16.2. The number of carboxylic acids is 2. The number of piperazine rings is 1. The van der Waals surface area contributed by atoms with E-state index in [9.17, 15) is 34.2 Å². The van der Waals surface area contributed by atoms with Crippen molar-refractivity contribution in [3.05, 3.63) is 73.6 Å². The van der Waals surface area contributed by atoms with E-state index in [0.29, 0.717) is 47.3 Å². The van der Waals surface area contributed by atoms with Crippen LogP contribution in [0.25, 0.3) is 10.9 Å². The van der Waals surface area contributed by atoms with E-state index < -0.39 is 46.1 Å². The molecule has 3 aliphatic heterocycles. The summed E-state index contributed by atoms with van der Waals surface area (Å²) in [5, 5.41) is 23.5. The average Bonchev–Trinajstić information content (AvgIpc) is 3.83. The Bertz CT molecular complexity index is 2060. The molecular weight excluding hydrogens is 742 g/mol. The molecule has 3 fully saturated rings. The molecule has 7 rings (SSSR count). The van der Waals surface area contributed by atoms with Crippen LogP contribution in [0.4, 0.5) is 10.1 Å². The number of rotatable bonds is 10. The predicted octanol–water partition coefficient (Wildman–Crippen LogP) is 3.33. The number of carboxylic acid groups (broad SMARTS) is 2. The van der Waals surface area contributed by atoms with Crippen LogP contribution in [0.5, 0.6) is 0 Å². The molecule has 3 aromatic rings. The number of ether oxygens (including phenoxy) is 1. The van der Waals surface area contributed by atoms with Crippen molar-refractivity contribution in [1.82, 2.24) is 19.7 Å². The first-order chi connectivity index (χ1) is 24.4. The highest BCUT2D eigenvalue weighted by Gasteiger charge is 2.66. The number of aromatic carboxylic acids is 1. The fourth-order valence-electron chi connectivity index (χ4n) is 6.66. The highest BCUT2D eigenvalue weighted by Crippen LogP contribution is 2.47. The van der Waals surface area contributed by atoms with Crippen LogP contribution in [0.1, 0.15) is 34.1 Å². The molecule has 2 atom stereocenters. The first-order valence-corrected chi connectivity index (χ1v) is 19.3. The van der Waals surface area contributed by atoms with E-state index >= 15 is 4.39 Å². The fourth-order valence-corrected chi connectivity index (χ4v) is 10.2. The van der Waals surface area contributed by atoms with Gasteiger partial charge in [-0.15, -0.1) is 23.1 Å². The normalized spacial score (nSPS) is 21.8. The summed E-state index contributed by atoms with van der Waals surface area (Å²) < 4.78 is 23.3. The quantitative estimate of drug-likeness (QED) is 0.157. The number of nitrogens with one attached hydrogen (secondary N) is 1. The first-order valence-electron chi connectivity index (χ1n) is 16.0. The third kappa shape index (κ3) is 6.41. The molecule has 268 valence electrons. The lowest BCUT2D eigenvalue weighted by Gasteiger charge is -2.55. The van der Waals surface area contributed by atoms with Gasteiger partial charge in [0.2, 0.25) is 11.3 Å². The molecule has 13 nitrogen and oxygen atoms in total. The lowest BCUT2D eigenvalue weighted by molar-refractivity contribution is -0.192. The zero-order chi connectivity index (χ0) is 36.2. The summed E-state index contributed by atoms with van der Waals surface area (Å²) in [5.74, 6) is -3.77. The zero-order valence-electron chi connectivity index (χ0n) is 27.1. The van der Waals surface area contributed by atoms with E-state index in [0.717, 1.165) is 23.8 Å². The molecule has 3 N–H and O–H groups in total. The van der Waals surface area contributed by atoms with Crippen molar-refractivity contribution in [2.75, 3.05) is 49.7 Å². The molecule has 2 saturated heterocycles. The summed E-state index contributed by atoms with van der Waals surface area (Å²) in [4.78, 5) is 69.1. The van der Waals surface area contributed by atoms with Gasteiger partial charge in [0.25, 0.3) is 11.6 Å². The molecule has 1 aromatic carbocycles. The Morgan fingerprint density at radius 2 is 1.88 bits per heavy atom. The largest absolute Gasteiger partial charge is 0.477 e. The number of pyridine rings is 1. The van der Waals surface area contributed by atoms with Gasteiger partial charge in [0, 0.05) is 67.3 Å². The SMILES string of the molecule is CO[C@@]1(NC(=O)Cc2cccs2)C(=O)N2C(C(=O)O)=C(CSC(=S)N3CCN(c4cc5c(cc4F)c(=O)c(C(=O)O)cn5C4CC4)CC3)CS[C@@H]21. The van der Waals surface area contributed by atoms with Crippen LogP contribution < -0.4 is 15.6 Å². The Labute approximate surface area is 308 Å². The molecule has 0 spiro atoms. The van der Waals surface area contributed by atoms with Gasteiger partial charge in [0.05, 0.1) is 17.6 Å². The Morgan fingerprint density at radius 1 is 1.14 bits per heavy atom. The summed E-state index contributed by atoms with van der Waals surface area (Å²) in [6.07, 6.45) is 3.11. The molecule has 2 amide bonds. The van der Waals surface area contributed by atoms with Gasteiger partial charge >= 0.3 is 11.9 Å². The van der Waals surface area contributed by atoms with Crippen LogP contribution in [0.2, 0.25) is 0 Å². The van der Waals surface area contributed by atoms with E-state index in [2.05, 4.69) is 5.32 Å². The number of benzene rings is 1. The Hall–Kier alpha value is -3.97. The van der Waals surface area contributed by atoms with E-state index in [4.69, 9.17) is 17.0 Å². The zero-order valence-corrected chi connectivity index (χ0v) is 30.4. The molecule has 1 aliphatic carbocycles. The van der Waals surface area contributed by atoms with Gasteiger partial charge in [-0.25, -0.2) is 14.0 Å². The number of β-lactam (4-membered cyclic amide) rings is 1. The molecule has 0 radical (unpaired) electrons. The standard InChI is InChI=1S/C33H32FN5O8S4/c1-47-33(35-25(40)11-19-3-2-10-49-19)30(46)39-26(29(44)45)17(15-50-31(33)39)16-51-32(48)37-8-6-36(7-9-37)24-13-23-20(12-22(24)34)27(41)21(28(42)43)14-38(23)18-4-5-18/h2-3,10,12-14,18,31H,4-9,11,15-16H2,1H3,(H,35,40)(H,42,43)(H,44,45)/t31-,33+/m1/s1. The number of carbonyl (C=O) groups excluding carboxylic acids is 2. The van der Waals surface area contributed by atoms with Crippen molar-refractivity contribution in [1.29, 1.82) is 0 Å². The minimum atomic E-state index is -1.67. The lowest BCUT2D eigenvalue weighted by Crippen LogP contribution is -2.80. The van der Waals surface area contributed by atoms with Gasteiger partial charge in [-0.3, -0.25) is 19.3 Å². The minimum Gasteiger partial charge on any atom is -0.477 e. The van der Waals surface area contributed by atoms with Crippen LogP contribution in [0, 0.1) is 5.82 Å². The monoisotopic (exact) mass is 773 g/mol. The van der Waals surface area contributed by atoms with Gasteiger partial charge < -0.3 is 34.6 Å². The topological polar surface area (TPSA) is 162 Å². The summed E-state index contributed by atoms with van der Waals surface area (Å²) in [7, 11) is 1.31. The van der Waals surface area contributed by atoms with Crippen LogP contribution in [0.3, 0.4) is 0 Å². The fraction of sp³-hybridized carbons (Fsp3) is 0.394. The van der Waals surface area contributed by atoms with Crippen molar-refractivity contribution in [3.63, 3.8) is 0 Å². The molecular formula is C33H32FN5O8S4. The third-order valence-electron chi connectivity index (χ3n) is 9.39. The van der Waals surface area contributed by atoms with E-state index in [-0.39, 0.29) is 40.6 Å². The molecule has 0 bridgehead atoms. The minimum absolute atomic E-state index is 0.0354. The number of fused-ring (bicyclic) bond motifs is 2. The van der Waals surface area contributed by atoms with Gasteiger partial charge in [0.15, 0.2) is 0 Å². The van der Waals surface area contributed by atoms with Crippen LogP contribution in [-0.2, 0) is 25.5 Å².